The lowest BCUT2D eigenvalue weighted by Gasteiger charge is -2.02. The number of esters is 1. The molecule has 0 saturated carbocycles. The molecule has 0 spiro atoms. The Hall–Kier alpha value is -1.64. The van der Waals surface area contributed by atoms with Gasteiger partial charge in [-0.05, 0) is 18.1 Å². The molecule has 3 nitrogen and oxygen atoms in total. The number of aryl methyl sites for hydroxylation is 1. The molecule has 0 atom stereocenters. The summed E-state index contributed by atoms with van der Waals surface area (Å²) in [5.41, 5.74) is 3.39. The summed E-state index contributed by atoms with van der Waals surface area (Å²) < 4.78 is 4.91. The van der Waals surface area contributed by atoms with Crippen molar-refractivity contribution in [3.8, 4) is 0 Å². The lowest BCUT2D eigenvalue weighted by atomic mass is 9.99. The second-order valence-electron chi connectivity index (χ2n) is 3.39. The maximum atomic E-state index is 11.3. The van der Waals surface area contributed by atoms with Gasteiger partial charge in [0, 0.05) is 12.0 Å². The molecule has 14 heavy (non-hydrogen) atoms. The quantitative estimate of drug-likeness (QED) is 0.523. The van der Waals surface area contributed by atoms with Crippen LogP contribution < -0.4 is 0 Å². The maximum absolute atomic E-state index is 11.3. The number of rotatable bonds is 2. The summed E-state index contributed by atoms with van der Waals surface area (Å²) in [6.07, 6.45) is 1.25. The Kier molecular flexibility index (Phi) is 2.08. The van der Waals surface area contributed by atoms with Gasteiger partial charge in [0.25, 0.3) is 0 Å². The molecule has 1 heterocycles. The molecule has 72 valence electrons. The van der Waals surface area contributed by atoms with Gasteiger partial charge in [0.1, 0.15) is 12.9 Å². The van der Waals surface area contributed by atoms with E-state index >= 15 is 0 Å². The number of hydrogen-bond acceptors (Lipinski definition) is 3. The zero-order valence-electron chi connectivity index (χ0n) is 7.87. The van der Waals surface area contributed by atoms with E-state index in [1.807, 2.05) is 19.1 Å². The molecule has 2 rings (SSSR count). The summed E-state index contributed by atoms with van der Waals surface area (Å²) >= 11 is 0. The van der Waals surface area contributed by atoms with E-state index in [9.17, 15) is 9.59 Å². The number of fused-ring (bicyclic) bond motifs is 1. The van der Waals surface area contributed by atoms with Crippen molar-refractivity contribution < 1.29 is 14.3 Å². The van der Waals surface area contributed by atoms with Gasteiger partial charge in [-0.1, -0.05) is 12.1 Å². The first-order valence-corrected chi connectivity index (χ1v) is 4.45. The Morgan fingerprint density at radius 3 is 3.00 bits per heavy atom. The lowest BCUT2D eigenvalue weighted by Crippen LogP contribution is -1.98. The summed E-state index contributed by atoms with van der Waals surface area (Å²) in [5, 5.41) is 0. The van der Waals surface area contributed by atoms with Gasteiger partial charge in [0.2, 0.25) is 0 Å². The van der Waals surface area contributed by atoms with Crippen molar-refractivity contribution in [2.75, 3.05) is 0 Å². The molecule has 0 saturated heterocycles. The molecule has 0 unspecified atom stereocenters. The Bertz CT molecular complexity index is 407. The van der Waals surface area contributed by atoms with E-state index in [-0.39, 0.29) is 5.97 Å². The average molecular weight is 190 g/mol. The minimum atomic E-state index is -0.254. The zero-order chi connectivity index (χ0) is 10.1. The number of carbonyl (C=O) groups excluding carboxylic acids is 2. The molecule has 1 aromatic rings. The van der Waals surface area contributed by atoms with Crippen LogP contribution in [0.15, 0.2) is 12.1 Å². The fourth-order valence-electron chi connectivity index (χ4n) is 1.78. The van der Waals surface area contributed by atoms with E-state index < -0.39 is 0 Å². The van der Waals surface area contributed by atoms with Crippen LogP contribution >= 0.6 is 0 Å². The van der Waals surface area contributed by atoms with Crippen LogP contribution in [0.2, 0.25) is 0 Å². The molecular weight excluding hydrogens is 180 g/mol. The topological polar surface area (TPSA) is 43.4 Å². The summed E-state index contributed by atoms with van der Waals surface area (Å²) in [6.45, 7) is 2.20. The number of benzene rings is 1. The predicted octanol–water partition coefficient (Wildman–Crippen LogP) is 1.41. The highest BCUT2D eigenvalue weighted by atomic mass is 16.5. The average Bonchev–Trinajstić information content (AvgIpc) is 2.48. The van der Waals surface area contributed by atoms with Gasteiger partial charge in [0.15, 0.2) is 0 Å². The van der Waals surface area contributed by atoms with Gasteiger partial charge in [0.05, 0.1) is 5.56 Å². The molecule has 0 N–H and O–H groups in total. The number of ether oxygens (including phenoxy) is 1. The van der Waals surface area contributed by atoms with Crippen LogP contribution in [-0.4, -0.2) is 12.3 Å². The summed E-state index contributed by atoms with van der Waals surface area (Å²) in [7, 11) is 0. The van der Waals surface area contributed by atoms with Crippen molar-refractivity contribution in [1.29, 1.82) is 0 Å². The first-order valence-electron chi connectivity index (χ1n) is 4.45. The molecule has 0 radical (unpaired) electrons. The SMILES string of the molecule is Cc1cc(CC=O)cc2c1C(=O)OC2. The van der Waals surface area contributed by atoms with Gasteiger partial charge in [-0.25, -0.2) is 4.79 Å². The fraction of sp³-hybridized carbons (Fsp3) is 0.273. The number of cyclic esters (lactones) is 1. The van der Waals surface area contributed by atoms with Crippen LogP contribution in [0.5, 0.6) is 0 Å². The Balaban J connectivity index is 2.50. The largest absolute Gasteiger partial charge is 0.457 e. The third kappa shape index (κ3) is 1.31. The first kappa shape index (κ1) is 8.94. The molecule has 0 aromatic heterocycles. The summed E-state index contributed by atoms with van der Waals surface area (Å²) in [5.74, 6) is -0.254. The van der Waals surface area contributed by atoms with Crippen LogP contribution in [-0.2, 0) is 22.6 Å². The normalized spacial score (nSPS) is 13.6. The van der Waals surface area contributed by atoms with E-state index in [0.717, 1.165) is 23.0 Å². The number of hydrogen-bond donors (Lipinski definition) is 0. The Morgan fingerprint density at radius 2 is 2.29 bits per heavy atom. The van der Waals surface area contributed by atoms with Gasteiger partial charge < -0.3 is 9.53 Å². The van der Waals surface area contributed by atoms with Crippen LogP contribution in [0.4, 0.5) is 0 Å². The second kappa shape index (κ2) is 3.25. The molecule has 0 bridgehead atoms. The van der Waals surface area contributed by atoms with Crippen LogP contribution in [0.1, 0.15) is 27.0 Å². The van der Waals surface area contributed by atoms with E-state index in [4.69, 9.17) is 4.74 Å². The number of carbonyl (C=O) groups is 2. The van der Waals surface area contributed by atoms with Crippen molar-refractivity contribution in [3.05, 3.63) is 34.4 Å². The van der Waals surface area contributed by atoms with Gasteiger partial charge >= 0.3 is 5.97 Å². The molecule has 3 heteroatoms. The summed E-state index contributed by atoms with van der Waals surface area (Å²) in [6, 6.07) is 3.72. The summed E-state index contributed by atoms with van der Waals surface area (Å²) in [4.78, 5) is 21.6. The van der Waals surface area contributed by atoms with Gasteiger partial charge in [-0.15, -0.1) is 0 Å². The third-order valence-electron chi connectivity index (χ3n) is 2.36. The predicted molar refractivity (Wildman–Crippen MR) is 50.1 cm³/mol. The third-order valence-corrected chi connectivity index (χ3v) is 2.36. The van der Waals surface area contributed by atoms with Crippen molar-refractivity contribution in [2.24, 2.45) is 0 Å². The first-order chi connectivity index (χ1) is 6.72. The monoisotopic (exact) mass is 190 g/mol. The molecular formula is C11H10O3. The Labute approximate surface area is 81.7 Å². The highest BCUT2D eigenvalue weighted by molar-refractivity contribution is 5.95. The van der Waals surface area contributed by atoms with Gasteiger partial charge in [-0.3, -0.25) is 0 Å². The van der Waals surface area contributed by atoms with Crippen LogP contribution in [0, 0.1) is 6.92 Å². The van der Waals surface area contributed by atoms with E-state index in [2.05, 4.69) is 0 Å². The molecule has 0 fully saturated rings. The lowest BCUT2D eigenvalue weighted by molar-refractivity contribution is -0.107. The van der Waals surface area contributed by atoms with Gasteiger partial charge in [-0.2, -0.15) is 0 Å². The van der Waals surface area contributed by atoms with Crippen molar-refractivity contribution >= 4 is 12.3 Å². The highest BCUT2D eigenvalue weighted by Gasteiger charge is 2.23. The van der Waals surface area contributed by atoms with E-state index in [1.54, 1.807) is 0 Å². The zero-order valence-corrected chi connectivity index (χ0v) is 7.87. The minimum Gasteiger partial charge on any atom is -0.457 e. The molecule has 1 aliphatic rings. The van der Waals surface area contributed by atoms with E-state index in [1.165, 1.54) is 0 Å². The Morgan fingerprint density at radius 1 is 1.50 bits per heavy atom. The molecule has 0 aliphatic carbocycles. The smallest absolute Gasteiger partial charge is 0.339 e. The van der Waals surface area contributed by atoms with Crippen molar-refractivity contribution in [1.82, 2.24) is 0 Å². The molecule has 0 amide bonds. The second-order valence-corrected chi connectivity index (χ2v) is 3.39. The highest BCUT2D eigenvalue weighted by Crippen LogP contribution is 2.24. The number of aldehydes is 1. The molecule has 1 aliphatic heterocycles. The van der Waals surface area contributed by atoms with Crippen LogP contribution in [0.25, 0.3) is 0 Å². The van der Waals surface area contributed by atoms with Crippen molar-refractivity contribution in [2.45, 2.75) is 20.0 Å². The standard InChI is InChI=1S/C11H10O3/c1-7-4-8(2-3-12)5-9-6-14-11(13)10(7)9/h3-5H,2,6H2,1H3. The maximum Gasteiger partial charge on any atom is 0.339 e. The minimum absolute atomic E-state index is 0.254. The van der Waals surface area contributed by atoms with Crippen LogP contribution in [0.3, 0.4) is 0 Å². The van der Waals surface area contributed by atoms with E-state index in [0.29, 0.717) is 18.6 Å². The molecule has 1 aromatic carbocycles. The van der Waals surface area contributed by atoms with Crippen molar-refractivity contribution in [3.63, 3.8) is 0 Å². The fourth-order valence-corrected chi connectivity index (χ4v) is 1.78.